The summed E-state index contributed by atoms with van der Waals surface area (Å²) in [6.07, 6.45) is 5.57. The molecule has 0 radical (unpaired) electrons. The van der Waals surface area contributed by atoms with Crippen LogP contribution >= 0.6 is 23.5 Å². The third-order valence-electron chi connectivity index (χ3n) is 4.78. The summed E-state index contributed by atoms with van der Waals surface area (Å²) in [7, 11) is 1.60. The zero-order chi connectivity index (χ0) is 24.5. The Morgan fingerprint density at radius 1 is 1.17 bits per heavy atom. The Labute approximate surface area is 211 Å². The molecule has 0 fully saturated rings. The average molecular weight is 509 g/mol. The molecule has 5 rings (SSSR count). The highest BCUT2D eigenvalue weighted by atomic mass is 35.5. The number of ether oxygens (including phenoxy) is 2. The first-order chi connectivity index (χ1) is 17.2. The number of hydrogen-bond donors (Lipinski definition) is 1. The third kappa shape index (κ3) is 6.17. The summed E-state index contributed by atoms with van der Waals surface area (Å²) in [6.45, 7) is 1.07. The first kappa shape index (κ1) is 24.3. The van der Waals surface area contributed by atoms with E-state index >= 15 is 0 Å². The maximum absolute atomic E-state index is 8.29. The van der Waals surface area contributed by atoms with E-state index < -0.39 is 0 Å². The maximum Gasteiger partial charge on any atom is 0.235 e. The van der Waals surface area contributed by atoms with Crippen LogP contribution in [-0.4, -0.2) is 49.2 Å². The van der Waals surface area contributed by atoms with Gasteiger partial charge >= 0.3 is 0 Å². The zero-order valence-electron chi connectivity index (χ0n) is 18.8. The van der Waals surface area contributed by atoms with Crippen molar-refractivity contribution in [3.05, 3.63) is 71.4 Å². The number of benzene rings is 1. The van der Waals surface area contributed by atoms with Crippen LogP contribution in [0, 0.1) is 11.3 Å². The summed E-state index contributed by atoms with van der Waals surface area (Å²) in [5.41, 5.74) is 1.33. The fourth-order valence-electron chi connectivity index (χ4n) is 3.13. The van der Waals surface area contributed by atoms with Crippen LogP contribution in [0.15, 0.2) is 55.0 Å². The molecule has 4 heterocycles. The predicted molar refractivity (Wildman–Crippen MR) is 133 cm³/mol. The van der Waals surface area contributed by atoms with Gasteiger partial charge in [-0.3, -0.25) is 9.29 Å². The number of halogens is 1. The van der Waals surface area contributed by atoms with Crippen LogP contribution in [0.3, 0.4) is 0 Å². The molecule has 1 N–H and O–H groups in total. The van der Waals surface area contributed by atoms with Crippen molar-refractivity contribution in [1.29, 1.82) is 5.26 Å². The van der Waals surface area contributed by atoms with Crippen molar-refractivity contribution in [1.82, 2.24) is 29.7 Å². The molecule has 0 bridgehead atoms. The number of aromatic nitrogens is 6. The minimum absolute atomic E-state index is 0.470. The molecule has 178 valence electrons. The van der Waals surface area contributed by atoms with Gasteiger partial charge in [0.15, 0.2) is 23.0 Å². The molecular formula is C23H21ClN8O2S. The summed E-state index contributed by atoms with van der Waals surface area (Å²) in [5.74, 6) is 4.02. The van der Waals surface area contributed by atoms with E-state index in [0.717, 1.165) is 11.6 Å². The number of pyridine rings is 1. The fourth-order valence-corrected chi connectivity index (χ4v) is 3.90. The molecule has 3 aromatic heterocycles. The second kappa shape index (κ2) is 12.0. The Morgan fingerprint density at radius 2 is 1.97 bits per heavy atom. The highest BCUT2D eigenvalue weighted by Gasteiger charge is 2.24. The largest absolute Gasteiger partial charge is 0.493 e. The van der Waals surface area contributed by atoms with Gasteiger partial charge in [0, 0.05) is 36.8 Å². The molecular weight excluding hydrogens is 488 g/mol. The van der Waals surface area contributed by atoms with E-state index in [1.807, 2.05) is 28.8 Å². The predicted octanol–water partition coefficient (Wildman–Crippen LogP) is 4.05. The van der Waals surface area contributed by atoms with Crippen LogP contribution < -0.4 is 14.2 Å². The van der Waals surface area contributed by atoms with Crippen LogP contribution in [0.2, 0.25) is 5.02 Å². The van der Waals surface area contributed by atoms with Crippen LogP contribution in [-0.2, 0) is 13.0 Å². The van der Waals surface area contributed by atoms with Gasteiger partial charge in [-0.05, 0) is 24.1 Å². The number of hydrogen-bond acceptors (Lipinski definition) is 10. The molecule has 4 aromatic rings. The SMILES string of the molecule is COc1ccnc2c1OCCn1c(NSCCc3ncc(Cl)cn3)nnc1-2.N#Cc1ccccc1. The molecule has 0 aliphatic carbocycles. The van der Waals surface area contributed by atoms with Crippen molar-refractivity contribution in [3.63, 3.8) is 0 Å². The molecule has 0 atom stereocenters. The number of fused-ring (bicyclic) bond motifs is 3. The number of aryl methyl sites for hydroxylation is 1. The second-order valence-corrected chi connectivity index (χ2v) is 8.37. The van der Waals surface area contributed by atoms with Gasteiger partial charge in [-0.15, -0.1) is 10.2 Å². The van der Waals surface area contributed by atoms with Gasteiger partial charge in [0.05, 0.1) is 30.3 Å². The van der Waals surface area contributed by atoms with Gasteiger partial charge < -0.3 is 9.47 Å². The van der Waals surface area contributed by atoms with Crippen molar-refractivity contribution >= 4 is 29.5 Å². The first-order valence-corrected chi connectivity index (χ1v) is 11.9. The standard InChI is InChI=1S/C16H16ClN7O2S.C7H5N/c1-25-11-2-4-18-13-14(11)26-6-5-24-15(13)21-22-16(24)23-27-7-3-12-19-8-10(17)9-20-12;8-6-7-4-2-1-3-5-7/h2,4,8-9H,3,5-7H2,1H3,(H,22,23);1-5H. The van der Waals surface area contributed by atoms with E-state index in [0.29, 0.717) is 59.1 Å². The van der Waals surface area contributed by atoms with E-state index in [2.05, 4.69) is 29.9 Å². The number of nitriles is 1. The number of methoxy groups -OCH3 is 1. The molecule has 0 amide bonds. The van der Waals surface area contributed by atoms with E-state index in [1.54, 1.807) is 43.9 Å². The minimum Gasteiger partial charge on any atom is -0.493 e. The Morgan fingerprint density at radius 3 is 2.69 bits per heavy atom. The lowest BCUT2D eigenvalue weighted by Crippen LogP contribution is -2.09. The number of nitrogens with one attached hydrogen (secondary N) is 1. The monoisotopic (exact) mass is 508 g/mol. The lowest BCUT2D eigenvalue weighted by atomic mass is 10.2. The topological polar surface area (TPSA) is 124 Å². The van der Waals surface area contributed by atoms with Crippen LogP contribution in [0.5, 0.6) is 11.5 Å². The van der Waals surface area contributed by atoms with Gasteiger partial charge in [0.1, 0.15) is 12.4 Å². The molecule has 1 aliphatic rings. The first-order valence-electron chi connectivity index (χ1n) is 10.6. The summed E-state index contributed by atoms with van der Waals surface area (Å²) >= 11 is 7.30. The highest BCUT2D eigenvalue weighted by molar-refractivity contribution is 8.00. The zero-order valence-corrected chi connectivity index (χ0v) is 20.3. The van der Waals surface area contributed by atoms with Gasteiger partial charge in [0.25, 0.3) is 0 Å². The normalized spacial score (nSPS) is 11.5. The Kier molecular flexibility index (Phi) is 8.32. The van der Waals surface area contributed by atoms with Crippen molar-refractivity contribution < 1.29 is 9.47 Å². The van der Waals surface area contributed by atoms with E-state index in [4.69, 9.17) is 26.3 Å². The van der Waals surface area contributed by atoms with Crippen molar-refractivity contribution in [2.45, 2.75) is 13.0 Å². The molecule has 35 heavy (non-hydrogen) atoms. The molecule has 1 aromatic carbocycles. The average Bonchev–Trinajstić information content (AvgIpc) is 3.21. The van der Waals surface area contributed by atoms with E-state index in [1.165, 1.54) is 11.9 Å². The Bertz CT molecular complexity index is 1300. The number of nitrogens with zero attached hydrogens (tertiary/aromatic N) is 7. The van der Waals surface area contributed by atoms with Gasteiger partial charge in [-0.2, -0.15) is 5.26 Å². The van der Waals surface area contributed by atoms with Crippen molar-refractivity contribution in [2.24, 2.45) is 0 Å². The summed E-state index contributed by atoms with van der Waals surface area (Å²) in [6, 6.07) is 12.9. The Hall–Kier alpha value is -3.88. The molecule has 1 aliphatic heterocycles. The fraction of sp³-hybridized carbons (Fsp3) is 0.217. The minimum atomic E-state index is 0.470. The van der Waals surface area contributed by atoms with Gasteiger partial charge in [-0.1, -0.05) is 29.8 Å². The number of rotatable bonds is 6. The number of anilines is 1. The summed E-state index contributed by atoms with van der Waals surface area (Å²) in [4.78, 5) is 12.8. The lowest BCUT2D eigenvalue weighted by Gasteiger charge is -2.09. The van der Waals surface area contributed by atoms with Crippen LogP contribution in [0.4, 0.5) is 5.95 Å². The second-order valence-electron chi connectivity index (χ2n) is 7.03. The van der Waals surface area contributed by atoms with E-state index in [9.17, 15) is 0 Å². The maximum atomic E-state index is 8.29. The van der Waals surface area contributed by atoms with Crippen LogP contribution in [0.25, 0.3) is 11.5 Å². The summed E-state index contributed by atoms with van der Waals surface area (Å²) < 4.78 is 16.4. The highest BCUT2D eigenvalue weighted by Crippen LogP contribution is 2.37. The van der Waals surface area contributed by atoms with Crippen molar-refractivity contribution in [3.8, 4) is 29.1 Å². The van der Waals surface area contributed by atoms with E-state index in [-0.39, 0.29) is 0 Å². The van der Waals surface area contributed by atoms with Gasteiger partial charge in [0.2, 0.25) is 5.95 Å². The van der Waals surface area contributed by atoms with Gasteiger partial charge in [-0.25, -0.2) is 15.0 Å². The Balaban J connectivity index is 0.000000308. The summed E-state index contributed by atoms with van der Waals surface area (Å²) in [5, 5.41) is 17.3. The molecule has 12 heteroatoms. The van der Waals surface area contributed by atoms with Crippen LogP contribution in [0.1, 0.15) is 11.4 Å². The third-order valence-corrected chi connectivity index (χ3v) is 5.71. The molecule has 0 unspecified atom stereocenters. The molecule has 0 spiro atoms. The molecule has 0 saturated carbocycles. The van der Waals surface area contributed by atoms with Crippen molar-refractivity contribution in [2.75, 3.05) is 24.2 Å². The lowest BCUT2D eigenvalue weighted by molar-refractivity contribution is 0.287. The molecule has 10 nitrogen and oxygen atoms in total. The smallest absolute Gasteiger partial charge is 0.235 e. The molecule has 0 saturated heterocycles. The quantitative estimate of drug-likeness (QED) is 0.301.